The van der Waals surface area contributed by atoms with E-state index in [9.17, 15) is 13.2 Å². The van der Waals surface area contributed by atoms with Gasteiger partial charge in [-0.2, -0.15) is 0 Å². The van der Waals surface area contributed by atoms with Crippen molar-refractivity contribution < 1.29 is 13.2 Å². The Hall–Kier alpha value is -1.60. The van der Waals surface area contributed by atoms with E-state index in [1.807, 2.05) is 32.0 Å². The van der Waals surface area contributed by atoms with E-state index in [0.717, 1.165) is 16.8 Å². The minimum atomic E-state index is -3.57. The Kier molecular flexibility index (Phi) is 6.89. The monoisotopic (exact) mass is 454 g/mol. The average molecular weight is 455 g/mol. The number of piperidine rings is 1. The van der Waals surface area contributed by atoms with Gasteiger partial charge in [0.1, 0.15) is 0 Å². The fourth-order valence-corrected chi connectivity index (χ4v) is 5.36. The van der Waals surface area contributed by atoms with Gasteiger partial charge in [-0.3, -0.25) is 4.79 Å². The largest absolute Gasteiger partial charge is 0.326 e. The Bertz CT molecular complexity index is 1020. The lowest BCUT2D eigenvalue weighted by atomic mass is 9.98. The molecule has 3 rings (SSSR count). The molecule has 2 aromatic rings. The average Bonchev–Trinajstić information content (AvgIpc) is 2.67. The lowest BCUT2D eigenvalue weighted by Gasteiger charge is -2.31. The first kappa shape index (κ1) is 22.1. The molecular formula is C21H24Cl2N2O3S. The highest BCUT2D eigenvalue weighted by molar-refractivity contribution is 7.88. The van der Waals surface area contributed by atoms with Crippen LogP contribution in [-0.2, 0) is 20.6 Å². The smallest absolute Gasteiger partial charge is 0.228 e. The Balaban J connectivity index is 1.69. The van der Waals surface area contributed by atoms with Crippen molar-refractivity contribution in [1.82, 2.24) is 4.31 Å². The molecule has 2 aromatic carbocycles. The summed E-state index contributed by atoms with van der Waals surface area (Å²) in [5, 5.41) is 3.67. The van der Waals surface area contributed by atoms with Crippen LogP contribution in [0.4, 0.5) is 5.69 Å². The minimum absolute atomic E-state index is 0.145. The molecule has 29 heavy (non-hydrogen) atoms. The number of amides is 1. The normalized spacial score (nSPS) is 17.9. The third kappa shape index (κ3) is 5.51. The zero-order chi connectivity index (χ0) is 21.2. The van der Waals surface area contributed by atoms with Crippen LogP contribution in [0.25, 0.3) is 0 Å². The van der Waals surface area contributed by atoms with Crippen molar-refractivity contribution in [1.29, 1.82) is 0 Å². The molecule has 1 aliphatic rings. The minimum Gasteiger partial charge on any atom is -0.326 e. The molecule has 1 fully saturated rings. The van der Waals surface area contributed by atoms with E-state index in [-0.39, 0.29) is 24.1 Å². The van der Waals surface area contributed by atoms with Crippen molar-refractivity contribution in [3.05, 3.63) is 63.1 Å². The molecule has 1 aliphatic heterocycles. The highest BCUT2D eigenvalue weighted by Gasteiger charge is 2.32. The predicted molar refractivity (Wildman–Crippen MR) is 118 cm³/mol. The van der Waals surface area contributed by atoms with Crippen LogP contribution in [0.2, 0.25) is 10.0 Å². The Morgan fingerprint density at radius 3 is 2.62 bits per heavy atom. The number of benzene rings is 2. The van der Waals surface area contributed by atoms with Crippen LogP contribution in [-0.4, -0.2) is 31.7 Å². The first-order valence-corrected chi connectivity index (χ1v) is 11.8. The molecule has 156 valence electrons. The van der Waals surface area contributed by atoms with Crippen LogP contribution >= 0.6 is 23.2 Å². The van der Waals surface area contributed by atoms with E-state index >= 15 is 0 Å². The molecule has 1 saturated heterocycles. The van der Waals surface area contributed by atoms with Gasteiger partial charge in [-0.25, -0.2) is 12.7 Å². The molecule has 0 aliphatic carbocycles. The number of carbonyl (C=O) groups is 1. The maximum absolute atomic E-state index is 12.9. The number of halogens is 2. The second-order valence-corrected chi connectivity index (χ2v) is 10.3. The van der Waals surface area contributed by atoms with Gasteiger partial charge in [0.2, 0.25) is 15.9 Å². The fraction of sp³-hybridized carbons (Fsp3) is 0.381. The molecule has 1 amide bonds. The van der Waals surface area contributed by atoms with Gasteiger partial charge >= 0.3 is 0 Å². The lowest BCUT2D eigenvalue weighted by Crippen LogP contribution is -2.44. The van der Waals surface area contributed by atoms with Gasteiger partial charge < -0.3 is 5.32 Å². The summed E-state index contributed by atoms with van der Waals surface area (Å²) in [4.78, 5) is 12.8. The van der Waals surface area contributed by atoms with Crippen LogP contribution in [0.1, 0.15) is 29.5 Å². The standard InChI is InChI=1S/C21H24Cl2N2O3S/c1-14-5-6-15(2)20(10-14)24-21(26)17-4-3-9-25(12-17)29(27,28)13-16-7-8-18(22)19(23)11-16/h5-8,10-11,17H,3-4,9,12-13H2,1-2H3,(H,24,26). The Morgan fingerprint density at radius 1 is 1.14 bits per heavy atom. The lowest BCUT2D eigenvalue weighted by molar-refractivity contribution is -0.120. The SMILES string of the molecule is Cc1ccc(C)c(NC(=O)C2CCCN(S(=O)(=O)Cc3ccc(Cl)c(Cl)c3)C2)c1. The highest BCUT2D eigenvalue weighted by Crippen LogP contribution is 2.27. The number of rotatable bonds is 5. The van der Waals surface area contributed by atoms with Gasteiger partial charge in [0, 0.05) is 18.8 Å². The van der Waals surface area contributed by atoms with E-state index in [2.05, 4.69) is 5.32 Å². The maximum Gasteiger partial charge on any atom is 0.228 e. The third-order valence-corrected chi connectivity index (χ3v) is 7.69. The van der Waals surface area contributed by atoms with Crippen LogP contribution in [0.15, 0.2) is 36.4 Å². The summed E-state index contributed by atoms with van der Waals surface area (Å²) in [5.74, 6) is -0.699. The maximum atomic E-state index is 12.9. The molecule has 8 heteroatoms. The third-order valence-electron chi connectivity index (χ3n) is 5.13. The van der Waals surface area contributed by atoms with Crippen molar-refractivity contribution in [3.63, 3.8) is 0 Å². The zero-order valence-corrected chi connectivity index (χ0v) is 18.7. The molecule has 1 N–H and O–H groups in total. The molecule has 1 heterocycles. The highest BCUT2D eigenvalue weighted by atomic mass is 35.5. The number of nitrogens with zero attached hydrogens (tertiary/aromatic N) is 1. The van der Waals surface area contributed by atoms with Crippen LogP contribution in [0, 0.1) is 19.8 Å². The first-order chi connectivity index (χ1) is 13.7. The summed E-state index contributed by atoms with van der Waals surface area (Å²) in [6, 6.07) is 10.7. The second-order valence-electron chi connectivity index (χ2n) is 7.51. The first-order valence-electron chi connectivity index (χ1n) is 9.45. The summed E-state index contributed by atoms with van der Waals surface area (Å²) in [6.45, 7) is 4.49. The summed E-state index contributed by atoms with van der Waals surface area (Å²) in [6.07, 6.45) is 1.31. The number of hydrogen-bond donors (Lipinski definition) is 1. The van der Waals surface area contributed by atoms with Crippen molar-refractivity contribution in [2.45, 2.75) is 32.4 Å². The quantitative estimate of drug-likeness (QED) is 0.705. The van der Waals surface area contributed by atoms with Crippen molar-refractivity contribution in [2.24, 2.45) is 5.92 Å². The topological polar surface area (TPSA) is 66.5 Å². The number of hydrogen-bond acceptors (Lipinski definition) is 3. The van der Waals surface area contributed by atoms with E-state index in [1.165, 1.54) is 4.31 Å². The van der Waals surface area contributed by atoms with Gasteiger partial charge in [0.05, 0.1) is 21.7 Å². The number of carbonyl (C=O) groups excluding carboxylic acids is 1. The molecule has 0 saturated carbocycles. The van der Waals surface area contributed by atoms with Crippen LogP contribution in [0.5, 0.6) is 0 Å². The summed E-state index contributed by atoms with van der Waals surface area (Å²) >= 11 is 11.9. The molecule has 0 aromatic heterocycles. The number of aryl methyl sites for hydroxylation is 2. The van der Waals surface area contributed by atoms with E-state index in [0.29, 0.717) is 35.0 Å². The van der Waals surface area contributed by atoms with Gasteiger partial charge in [0.15, 0.2) is 0 Å². The van der Waals surface area contributed by atoms with Crippen molar-refractivity contribution >= 4 is 44.8 Å². The molecule has 0 bridgehead atoms. The van der Waals surface area contributed by atoms with E-state index in [4.69, 9.17) is 23.2 Å². The Morgan fingerprint density at radius 2 is 1.90 bits per heavy atom. The molecule has 1 atom stereocenters. The number of anilines is 1. The van der Waals surface area contributed by atoms with Gasteiger partial charge in [0.25, 0.3) is 0 Å². The predicted octanol–water partition coefficient (Wildman–Crippen LogP) is 4.79. The van der Waals surface area contributed by atoms with Crippen molar-refractivity contribution in [3.8, 4) is 0 Å². The van der Waals surface area contributed by atoms with Gasteiger partial charge in [-0.1, -0.05) is 41.4 Å². The molecule has 5 nitrogen and oxygen atoms in total. The fourth-order valence-electron chi connectivity index (χ4n) is 3.45. The summed E-state index contributed by atoms with van der Waals surface area (Å²) in [7, 11) is -3.57. The van der Waals surface area contributed by atoms with Gasteiger partial charge in [-0.05, 0) is 61.6 Å². The summed E-state index contributed by atoms with van der Waals surface area (Å²) < 4.78 is 27.2. The van der Waals surface area contributed by atoms with Crippen molar-refractivity contribution in [2.75, 3.05) is 18.4 Å². The summed E-state index contributed by atoms with van der Waals surface area (Å²) in [5.41, 5.74) is 3.37. The molecule has 1 unspecified atom stereocenters. The number of sulfonamides is 1. The zero-order valence-electron chi connectivity index (χ0n) is 16.4. The van der Waals surface area contributed by atoms with E-state index in [1.54, 1.807) is 18.2 Å². The van der Waals surface area contributed by atoms with E-state index < -0.39 is 10.0 Å². The molecule has 0 spiro atoms. The van der Waals surface area contributed by atoms with Gasteiger partial charge in [-0.15, -0.1) is 0 Å². The second kappa shape index (κ2) is 9.04. The molecular weight excluding hydrogens is 431 g/mol. The Labute approximate surface area is 182 Å². The van der Waals surface area contributed by atoms with Crippen LogP contribution < -0.4 is 5.32 Å². The number of nitrogens with one attached hydrogen (secondary N) is 1. The van der Waals surface area contributed by atoms with Crippen LogP contribution in [0.3, 0.4) is 0 Å². The molecule has 0 radical (unpaired) electrons.